The number of amides is 2. The number of hydrogen-bond donors (Lipinski definition) is 1. The van der Waals surface area contributed by atoms with Gasteiger partial charge in [0.15, 0.2) is 0 Å². The lowest BCUT2D eigenvalue weighted by molar-refractivity contribution is -0.119. The quantitative estimate of drug-likeness (QED) is 0.931. The Balaban J connectivity index is 1.72. The first kappa shape index (κ1) is 15.1. The largest absolute Gasteiger partial charge is 0.326 e. The first-order valence-electron chi connectivity index (χ1n) is 7.06. The van der Waals surface area contributed by atoms with E-state index in [-0.39, 0.29) is 11.8 Å². The van der Waals surface area contributed by atoms with Crippen LogP contribution in [0.1, 0.15) is 22.5 Å². The summed E-state index contributed by atoms with van der Waals surface area (Å²) < 4.78 is 0. The maximum atomic E-state index is 12.5. The third-order valence-electron chi connectivity index (χ3n) is 3.64. The second-order valence-electron chi connectivity index (χ2n) is 5.13. The number of anilines is 1. The standard InChI is InChI=1S/C16H15ClN2O2S/c17-11-4-1-5-12(10-11)18-15(20)13-6-2-8-19(13)16(21)14-7-3-9-22-14/h1,3-5,7,9-10,13H,2,6,8H2,(H,18,20)/t13-/m0/s1. The summed E-state index contributed by atoms with van der Waals surface area (Å²) in [5, 5.41) is 5.27. The van der Waals surface area contributed by atoms with Crippen molar-refractivity contribution in [3.63, 3.8) is 0 Å². The fraction of sp³-hybridized carbons (Fsp3) is 0.250. The molecule has 1 aliphatic heterocycles. The molecule has 0 aliphatic carbocycles. The molecule has 22 heavy (non-hydrogen) atoms. The molecule has 0 spiro atoms. The maximum absolute atomic E-state index is 12.5. The van der Waals surface area contributed by atoms with Gasteiger partial charge in [-0.05, 0) is 42.5 Å². The van der Waals surface area contributed by atoms with Gasteiger partial charge in [-0.1, -0.05) is 23.7 Å². The third kappa shape index (κ3) is 3.15. The molecule has 114 valence electrons. The van der Waals surface area contributed by atoms with Gasteiger partial charge in [-0.15, -0.1) is 11.3 Å². The van der Waals surface area contributed by atoms with Crippen LogP contribution in [0.4, 0.5) is 5.69 Å². The number of likely N-dealkylation sites (tertiary alicyclic amines) is 1. The molecule has 1 saturated heterocycles. The Morgan fingerprint density at radius 1 is 1.27 bits per heavy atom. The van der Waals surface area contributed by atoms with E-state index in [0.717, 1.165) is 6.42 Å². The van der Waals surface area contributed by atoms with Crippen LogP contribution in [0.2, 0.25) is 5.02 Å². The average Bonchev–Trinajstić information content (AvgIpc) is 3.18. The van der Waals surface area contributed by atoms with E-state index in [0.29, 0.717) is 28.6 Å². The van der Waals surface area contributed by atoms with Gasteiger partial charge in [-0.25, -0.2) is 0 Å². The number of thiophene rings is 1. The van der Waals surface area contributed by atoms with Gasteiger partial charge in [0.25, 0.3) is 5.91 Å². The molecule has 0 saturated carbocycles. The van der Waals surface area contributed by atoms with Crippen molar-refractivity contribution in [3.05, 3.63) is 51.7 Å². The Morgan fingerprint density at radius 3 is 2.86 bits per heavy atom. The van der Waals surface area contributed by atoms with Gasteiger partial charge in [0, 0.05) is 17.3 Å². The number of halogens is 1. The highest BCUT2D eigenvalue weighted by molar-refractivity contribution is 7.12. The van der Waals surface area contributed by atoms with Crippen molar-refractivity contribution in [1.82, 2.24) is 4.90 Å². The number of carbonyl (C=O) groups is 2. The molecule has 1 aliphatic rings. The monoisotopic (exact) mass is 334 g/mol. The minimum Gasteiger partial charge on any atom is -0.326 e. The summed E-state index contributed by atoms with van der Waals surface area (Å²) in [4.78, 5) is 27.3. The second-order valence-corrected chi connectivity index (χ2v) is 6.52. The smallest absolute Gasteiger partial charge is 0.264 e. The molecule has 0 radical (unpaired) electrons. The Morgan fingerprint density at radius 2 is 2.14 bits per heavy atom. The molecular formula is C16H15ClN2O2S. The van der Waals surface area contributed by atoms with Crippen LogP contribution >= 0.6 is 22.9 Å². The minimum atomic E-state index is -0.423. The van der Waals surface area contributed by atoms with E-state index < -0.39 is 6.04 Å². The van der Waals surface area contributed by atoms with Crippen LogP contribution in [0.5, 0.6) is 0 Å². The molecule has 1 aromatic heterocycles. The summed E-state index contributed by atoms with van der Waals surface area (Å²) in [6.07, 6.45) is 1.52. The van der Waals surface area contributed by atoms with Crippen molar-refractivity contribution in [2.45, 2.75) is 18.9 Å². The highest BCUT2D eigenvalue weighted by Gasteiger charge is 2.34. The number of nitrogens with zero attached hydrogens (tertiary/aromatic N) is 1. The number of carbonyl (C=O) groups excluding carboxylic acids is 2. The van der Waals surface area contributed by atoms with Gasteiger partial charge in [0.2, 0.25) is 5.91 Å². The molecule has 2 heterocycles. The topological polar surface area (TPSA) is 49.4 Å². The van der Waals surface area contributed by atoms with Crippen LogP contribution in [0, 0.1) is 0 Å². The Hall–Kier alpha value is -1.85. The molecule has 2 amide bonds. The molecule has 2 aromatic rings. The van der Waals surface area contributed by atoms with Crippen molar-refractivity contribution >= 4 is 40.4 Å². The van der Waals surface area contributed by atoms with E-state index in [1.54, 1.807) is 35.2 Å². The summed E-state index contributed by atoms with van der Waals surface area (Å²) >= 11 is 7.32. The Labute approximate surface area is 137 Å². The van der Waals surface area contributed by atoms with Crippen LogP contribution in [0.15, 0.2) is 41.8 Å². The van der Waals surface area contributed by atoms with Crippen molar-refractivity contribution in [2.24, 2.45) is 0 Å². The first-order valence-corrected chi connectivity index (χ1v) is 8.32. The zero-order valence-electron chi connectivity index (χ0n) is 11.8. The van der Waals surface area contributed by atoms with E-state index in [1.807, 2.05) is 11.4 Å². The van der Waals surface area contributed by atoms with Crippen LogP contribution in [0.3, 0.4) is 0 Å². The summed E-state index contributed by atoms with van der Waals surface area (Å²) in [6.45, 7) is 0.615. The van der Waals surface area contributed by atoms with Crippen molar-refractivity contribution in [3.8, 4) is 0 Å². The van der Waals surface area contributed by atoms with Gasteiger partial charge in [-0.3, -0.25) is 9.59 Å². The van der Waals surface area contributed by atoms with E-state index in [4.69, 9.17) is 11.6 Å². The van der Waals surface area contributed by atoms with E-state index in [1.165, 1.54) is 11.3 Å². The van der Waals surface area contributed by atoms with Crippen LogP contribution in [-0.4, -0.2) is 29.3 Å². The third-order valence-corrected chi connectivity index (χ3v) is 4.73. The lowest BCUT2D eigenvalue weighted by atomic mass is 10.2. The van der Waals surface area contributed by atoms with Gasteiger partial charge >= 0.3 is 0 Å². The number of benzene rings is 1. The fourth-order valence-electron chi connectivity index (χ4n) is 2.62. The minimum absolute atomic E-state index is 0.0706. The van der Waals surface area contributed by atoms with Crippen molar-refractivity contribution < 1.29 is 9.59 Å². The molecule has 1 fully saturated rings. The Bertz CT molecular complexity index is 687. The molecule has 1 aromatic carbocycles. The van der Waals surface area contributed by atoms with Crippen LogP contribution in [-0.2, 0) is 4.79 Å². The SMILES string of the molecule is O=C(Nc1cccc(Cl)c1)[C@@H]1CCCN1C(=O)c1cccs1. The summed E-state index contributed by atoms with van der Waals surface area (Å²) in [7, 11) is 0. The lowest BCUT2D eigenvalue weighted by Gasteiger charge is -2.23. The van der Waals surface area contributed by atoms with E-state index in [9.17, 15) is 9.59 Å². The fourth-order valence-corrected chi connectivity index (χ4v) is 3.49. The zero-order valence-corrected chi connectivity index (χ0v) is 13.4. The highest BCUT2D eigenvalue weighted by atomic mass is 35.5. The van der Waals surface area contributed by atoms with Crippen LogP contribution < -0.4 is 5.32 Å². The van der Waals surface area contributed by atoms with Gasteiger partial charge in [0.1, 0.15) is 6.04 Å². The predicted octanol–water partition coefficient (Wildman–Crippen LogP) is 3.64. The normalized spacial score (nSPS) is 17.5. The van der Waals surface area contributed by atoms with E-state index >= 15 is 0 Å². The second kappa shape index (κ2) is 6.50. The molecule has 4 nitrogen and oxygen atoms in total. The molecular weight excluding hydrogens is 320 g/mol. The van der Waals surface area contributed by atoms with Gasteiger partial charge < -0.3 is 10.2 Å². The Kier molecular flexibility index (Phi) is 4.45. The zero-order chi connectivity index (χ0) is 15.5. The summed E-state index contributed by atoms with van der Waals surface area (Å²) in [5.74, 6) is -0.233. The van der Waals surface area contributed by atoms with Crippen LogP contribution in [0.25, 0.3) is 0 Å². The molecule has 0 bridgehead atoms. The highest BCUT2D eigenvalue weighted by Crippen LogP contribution is 2.24. The van der Waals surface area contributed by atoms with Crippen molar-refractivity contribution in [2.75, 3.05) is 11.9 Å². The first-order chi connectivity index (χ1) is 10.6. The molecule has 0 unspecified atom stereocenters. The summed E-state index contributed by atoms with van der Waals surface area (Å²) in [5.41, 5.74) is 0.646. The van der Waals surface area contributed by atoms with E-state index in [2.05, 4.69) is 5.32 Å². The van der Waals surface area contributed by atoms with Crippen molar-refractivity contribution in [1.29, 1.82) is 0 Å². The molecule has 3 rings (SSSR count). The maximum Gasteiger partial charge on any atom is 0.264 e. The van der Waals surface area contributed by atoms with Gasteiger partial charge in [-0.2, -0.15) is 0 Å². The molecule has 6 heteroatoms. The number of rotatable bonds is 3. The summed E-state index contributed by atoms with van der Waals surface area (Å²) in [6, 6.07) is 10.2. The average molecular weight is 335 g/mol. The predicted molar refractivity (Wildman–Crippen MR) is 88.5 cm³/mol. The van der Waals surface area contributed by atoms with Gasteiger partial charge in [0.05, 0.1) is 4.88 Å². The number of hydrogen-bond acceptors (Lipinski definition) is 3. The number of nitrogens with one attached hydrogen (secondary N) is 1. The lowest BCUT2D eigenvalue weighted by Crippen LogP contribution is -2.42. The molecule has 1 atom stereocenters. The molecule has 1 N–H and O–H groups in total.